The van der Waals surface area contributed by atoms with Crippen LogP contribution in [0.5, 0.6) is 0 Å². The molecule has 0 aliphatic carbocycles. The molecule has 1 aromatic rings. The molecule has 0 unspecified atom stereocenters. The maximum Gasteiger partial charge on any atom is 0.551 e. The van der Waals surface area contributed by atoms with Crippen molar-refractivity contribution in [1.82, 2.24) is 9.76 Å². The van der Waals surface area contributed by atoms with Gasteiger partial charge in [-0.25, -0.2) is 0 Å². The number of allylic oxidation sites excluding steroid dienone is 2. The highest BCUT2D eigenvalue weighted by Crippen LogP contribution is 2.73. The molecule has 4 nitrogen and oxygen atoms in total. The molecule has 1 N–H and O–H groups in total. The predicted octanol–water partition coefficient (Wildman–Crippen LogP) is 5.59. The van der Waals surface area contributed by atoms with Crippen LogP contribution >= 0.6 is 8.02 Å². The molecule has 24 heavy (non-hydrogen) atoms. The SMILES string of the molecule is CC(C)(C)C1=CN2C=C(C(C)(C)C)O[P+]2(NCc2ccccc2)O1. The third kappa shape index (κ3) is 3.31. The molecule has 0 spiro atoms. The van der Waals surface area contributed by atoms with Crippen LogP contribution in [0, 0.1) is 10.8 Å². The van der Waals surface area contributed by atoms with Gasteiger partial charge in [-0.05, 0) is 5.56 Å². The number of fused-ring (bicyclic) bond motifs is 1. The van der Waals surface area contributed by atoms with Crippen molar-refractivity contribution in [3.8, 4) is 0 Å². The van der Waals surface area contributed by atoms with E-state index in [0.29, 0.717) is 6.54 Å². The summed E-state index contributed by atoms with van der Waals surface area (Å²) >= 11 is 0. The smallest absolute Gasteiger partial charge is 0.271 e. The maximum atomic E-state index is 6.40. The van der Waals surface area contributed by atoms with Gasteiger partial charge in [0.05, 0.1) is 18.9 Å². The third-order valence-corrected chi connectivity index (χ3v) is 6.34. The molecule has 2 aliphatic heterocycles. The molecule has 1 aromatic carbocycles. The molecule has 0 amide bonds. The lowest BCUT2D eigenvalue weighted by molar-refractivity contribution is 0.237. The van der Waals surface area contributed by atoms with Gasteiger partial charge in [0.1, 0.15) is 0 Å². The number of hydrogen-bond acceptors (Lipinski definition) is 4. The van der Waals surface area contributed by atoms with Gasteiger partial charge in [-0.1, -0.05) is 71.9 Å². The lowest BCUT2D eigenvalue weighted by Crippen LogP contribution is -2.23. The average Bonchev–Trinajstić information content (AvgIpc) is 2.99. The number of benzene rings is 1. The van der Waals surface area contributed by atoms with Gasteiger partial charge in [-0.15, -0.1) is 9.76 Å². The molecule has 5 heteroatoms. The van der Waals surface area contributed by atoms with Crippen molar-refractivity contribution in [2.75, 3.05) is 0 Å². The first kappa shape index (κ1) is 17.3. The number of hydrogen-bond donors (Lipinski definition) is 1. The van der Waals surface area contributed by atoms with Gasteiger partial charge in [0, 0.05) is 10.8 Å². The Morgan fingerprint density at radius 2 is 1.38 bits per heavy atom. The van der Waals surface area contributed by atoms with Crippen molar-refractivity contribution >= 4 is 8.02 Å². The summed E-state index contributed by atoms with van der Waals surface area (Å²) in [7, 11) is -2.38. The summed E-state index contributed by atoms with van der Waals surface area (Å²) in [6.45, 7) is 13.7. The van der Waals surface area contributed by atoms with Crippen molar-refractivity contribution in [2.45, 2.75) is 48.1 Å². The molecule has 3 rings (SSSR count). The van der Waals surface area contributed by atoms with Gasteiger partial charge < -0.3 is 0 Å². The molecular weight excluding hydrogens is 319 g/mol. The highest BCUT2D eigenvalue weighted by atomic mass is 31.2. The van der Waals surface area contributed by atoms with Crippen LogP contribution in [-0.2, 0) is 15.6 Å². The molecule has 0 fully saturated rings. The predicted molar refractivity (Wildman–Crippen MR) is 99.3 cm³/mol. The van der Waals surface area contributed by atoms with Crippen LogP contribution in [0.1, 0.15) is 47.1 Å². The molecule has 0 bridgehead atoms. The summed E-state index contributed by atoms with van der Waals surface area (Å²) in [4.78, 5) is 0. The van der Waals surface area contributed by atoms with E-state index in [1.807, 2.05) is 18.2 Å². The lowest BCUT2D eigenvalue weighted by atomic mass is 9.94. The lowest BCUT2D eigenvalue weighted by Gasteiger charge is -2.24. The zero-order valence-electron chi connectivity index (χ0n) is 15.5. The highest BCUT2D eigenvalue weighted by molar-refractivity contribution is 7.63. The van der Waals surface area contributed by atoms with E-state index in [0.717, 1.165) is 11.5 Å². The zero-order chi connectivity index (χ0) is 17.6. The zero-order valence-corrected chi connectivity index (χ0v) is 16.4. The first-order valence-corrected chi connectivity index (χ1v) is 9.99. The molecule has 0 saturated carbocycles. The molecule has 0 aromatic heterocycles. The van der Waals surface area contributed by atoms with E-state index in [1.54, 1.807) is 0 Å². The molecule has 0 saturated heterocycles. The first-order valence-electron chi connectivity index (χ1n) is 8.41. The summed E-state index contributed by atoms with van der Waals surface area (Å²) in [6, 6.07) is 10.3. The van der Waals surface area contributed by atoms with E-state index in [9.17, 15) is 0 Å². The second kappa shape index (κ2) is 5.79. The van der Waals surface area contributed by atoms with Gasteiger partial charge >= 0.3 is 8.02 Å². The van der Waals surface area contributed by atoms with Crippen molar-refractivity contribution < 1.29 is 9.05 Å². The van der Waals surface area contributed by atoms with Gasteiger partial charge in [0.15, 0.2) is 11.5 Å². The Labute approximate surface area is 146 Å². The third-order valence-electron chi connectivity index (χ3n) is 4.05. The van der Waals surface area contributed by atoms with Crippen molar-refractivity contribution in [3.05, 3.63) is 59.8 Å². The van der Waals surface area contributed by atoms with E-state index >= 15 is 0 Å². The fourth-order valence-electron chi connectivity index (χ4n) is 2.45. The Balaban J connectivity index is 1.85. The van der Waals surface area contributed by atoms with E-state index in [1.165, 1.54) is 5.56 Å². The Hall–Kier alpha value is -1.51. The van der Waals surface area contributed by atoms with Crippen molar-refractivity contribution in [1.29, 1.82) is 0 Å². The van der Waals surface area contributed by atoms with E-state index in [2.05, 4.69) is 75.8 Å². The summed E-state index contributed by atoms with van der Waals surface area (Å²) in [6.07, 6.45) is 4.18. The first-order chi connectivity index (χ1) is 11.1. The summed E-state index contributed by atoms with van der Waals surface area (Å²) in [5.41, 5.74) is 1.11. The maximum absolute atomic E-state index is 6.40. The summed E-state index contributed by atoms with van der Waals surface area (Å²) < 4.78 is 14.9. The van der Waals surface area contributed by atoms with Crippen LogP contribution in [-0.4, -0.2) is 4.67 Å². The van der Waals surface area contributed by atoms with Gasteiger partial charge in [0.25, 0.3) is 0 Å². The molecule has 0 atom stereocenters. The molecular formula is C19H28N2O2P+. The number of nitrogens with zero attached hydrogens (tertiary/aromatic N) is 1. The van der Waals surface area contributed by atoms with Crippen LogP contribution in [0.25, 0.3) is 0 Å². The van der Waals surface area contributed by atoms with E-state index in [-0.39, 0.29) is 10.8 Å². The average molecular weight is 347 g/mol. The second-order valence-electron chi connectivity index (χ2n) is 8.39. The monoisotopic (exact) mass is 347 g/mol. The number of nitrogens with one attached hydrogen (secondary N) is 1. The second-order valence-corrected chi connectivity index (χ2v) is 10.6. The minimum Gasteiger partial charge on any atom is -0.271 e. The Morgan fingerprint density at radius 3 is 1.83 bits per heavy atom. The Kier molecular flexibility index (Phi) is 4.17. The Bertz CT molecular complexity index is 635. The van der Waals surface area contributed by atoms with Crippen LogP contribution in [0.3, 0.4) is 0 Å². The largest absolute Gasteiger partial charge is 0.551 e. The summed E-state index contributed by atoms with van der Waals surface area (Å²) in [5, 5.41) is 3.57. The molecule has 0 radical (unpaired) electrons. The molecule has 2 heterocycles. The van der Waals surface area contributed by atoms with E-state index < -0.39 is 8.02 Å². The van der Waals surface area contributed by atoms with Gasteiger partial charge in [-0.2, -0.15) is 0 Å². The van der Waals surface area contributed by atoms with Crippen molar-refractivity contribution in [2.24, 2.45) is 10.8 Å². The highest BCUT2D eigenvalue weighted by Gasteiger charge is 2.63. The van der Waals surface area contributed by atoms with Crippen LogP contribution in [0.4, 0.5) is 0 Å². The van der Waals surface area contributed by atoms with E-state index in [4.69, 9.17) is 9.05 Å². The molecule has 2 aliphatic rings. The minimum atomic E-state index is -2.38. The standard InChI is InChI=1S/C19H28N2O2P/c1-18(2,3)16-13-21-14-17(19(4,5)6)23-24(21,22-16)20-12-15-10-8-7-9-11-15/h7-11,13-14,20H,12H2,1-6H3/q+1. The normalized spacial score (nSPS) is 19.3. The summed E-state index contributed by atoms with van der Waals surface area (Å²) in [5.74, 6) is 1.92. The fourth-order valence-corrected chi connectivity index (χ4v) is 5.04. The van der Waals surface area contributed by atoms with Gasteiger partial charge in [0.2, 0.25) is 0 Å². The molecule has 130 valence electrons. The Morgan fingerprint density at radius 1 is 0.875 bits per heavy atom. The van der Waals surface area contributed by atoms with Crippen molar-refractivity contribution in [3.63, 3.8) is 0 Å². The van der Waals surface area contributed by atoms with Crippen LogP contribution in [0.2, 0.25) is 0 Å². The van der Waals surface area contributed by atoms with Crippen LogP contribution in [0.15, 0.2) is 54.3 Å². The minimum absolute atomic E-state index is 0.0507. The topological polar surface area (TPSA) is 33.7 Å². The quantitative estimate of drug-likeness (QED) is 0.723. The number of rotatable bonds is 3. The van der Waals surface area contributed by atoms with Gasteiger partial charge in [-0.3, -0.25) is 9.05 Å². The fraction of sp³-hybridized carbons (Fsp3) is 0.474. The van der Waals surface area contributed by atoms with Crippen LogP contribution < -0.4 is 5.09 Å².